The number of aromatic nitrogens is 2. The van der Waals surface area contributed by atoms with Gasteiger partial charge in [-0.2, -0.15) is 4.21 Å². The lowest BCUT2D eigenvalue weighted by Crippen LogP contribution is -2.25. The Labute approximate surface area is 201 Å². The fraction of sp³-hybridized carbons (Fsp3) is 0.560. The maximum absolute atomic E-state index is 14.3. The third-order valence-electron chi connectivity index (χ3n) is 6.32. The SMILES string of the molecule is CON(C)c1nc2c(c(C(C)C)n1)C[C@@H]([C@@H](C)C[C@@H](C)CC(C)=O)c1cc(F)ccc1-2.O=S. The van der Waals surface area contributed by atoms with Gasteiger partial charge in [-0.3, -0.25) is 4.84 Å². The van der Waals surface area contributed by atoms with Gasteiger partial charge >= 0.3 is 0 Å². The fourth-order valence-electron chi connectivity index (χ4n) is 4.88. The first-order valence-electron chi connectivity index (χ1n) is 11.3. The second-order valence-electron chi connectivity index (χ2n) is 9.34. The summed E-state index contributed by atoms with van der Waals surface area (Å²) in [6.07, 6.45) is 2.26. The Morgan fingerprint density at radius 3 is 2.48 bits per heavy atom. The summed E-state index contributed by atoms with van der Waals surface area (Å²) in [5, 5.41) is 1.55. The molecule has 1 aliphatic carbocycles. The van der Waals surface area contributed by atoms with Crippen molar-refractivity contribution in [3.05, 3.63) is 40.8 Å². The third-order valence-corrected chi connectivity index (χ3v) is 6.32. The zero-order valence-electron chi connectivity index (χ0n) is 20.5. The van der Waals surface area contributed by atoms with Gasteiger partial charge in [0.15, 0.2) is 12.5 Å². The Morgan fingerprint density at radius 2 is 1.91 bits per heavy atom. The fourth-order valence-corrected chi connectivity index (χ4v) is 4.88. The summed E-state index contributed by atoms with van der Waals surface area (Å²) in [5.74, 6) is 1.44. The average Bonchev–Trinajstić information content (AvgIpc) is 2.77. The number of benzene rings is 1. The molecule has 33 heavy (non-hydrogen) atoms. The molecule has 8 heteroatoms. The molecule has 1 aliphatic rings. The summed E-state index contributed by atoms with van der Waals surface area (Å²) in [4.78, 5) is 26.5. The van der Waals surface area contributed by atoms with Crippen LogP contribution in [0.15, 0.2) is 18.2 Å². The first-order valence-corrected chi connectivity index (χ1v) is 11.6. The van der Waals surface area contributed by atoms with E-state index < -0.39 is 0 Å². The highest BCUT2D eigenvalue weighted by Crippen LogP contribution is 2.46. The maximum atomic E-state index is 14.3. The van der Waals surface area contributed by atoms with Crippen LogP contribution in [0, 0.1) is 17.7 Å². The number of carbonyl (C=O) groups excluding carboxylic acids is 1. The van der Waals surface area contributed by atoms with Crippen molar-refractivity contribution in [2.75, 3.05) is 19.2 Å². The average molecular weight is 476 g/mol. The minimum atomic E-state index is -0.233. The van der Waals surface area contributed by atoms with E-state index in [1.54, 1.807) is 32.2 Å². The van der Waals surface area contributed by atoms with E-state index in [2.05, 4.69) is 40.2 Å². The lowest BCUT2D eigenvalue weighted by molar-refractivity contribution is -0.117. The molecule has 0 saturated carbocycles. The van der Waals surface area contributed by atoms with Crippen LogP contribution in [0.2, 0.25) is 0 Å². The number of rotatable bonds is 8. The topological polar surface area (TPSA) is 72.4 Å². The first-order chi connectivity index (χ1) is 15.6. The normalized spacial score (nSPS) is 16.2. The van der Waals surface area contributed by atoms with E-state index in [0.29, 0.717) is 24.2 Å². The third kappa shape index (κ3) is 6.18. The molecule has 0 fully saturated rings. The molecule has 6 nitrogen and oxygen atoms in total. The molecule has 3 rings (SSSR count). The van der Waals surface area contributed by atoms with Crippen LogP contribution >= 0.6 is 0 Å². The summed E-state index contributed by atoms with van der Waals surface area (Å²) in [7, 11) is 3.36. The van der Waals surface area contributed by atoms with Crippen molar-refractivity contribution in [1.29, 1.82) is 0 Å². The van der Waals surface area contributed by atoms with Crippen molar-refractivity contribution < 1.29 is 18.2 Å². The van der Waals surface area contributed by atoms with Crippen LogP contribution in [-0.4, -0.2) is 34.1 Å². The molecule has 0 unspecified atom stereocenters. The summed E-state index contributed by atoms with van der Waals surface area (Å²) >= 11 is 2.83. The molecule has 180 valence electrons. The molecule has 1 heterocycles. The highest BCUT2D eigenvalue weighted by Gasteiger charge is 2.33. The summed E-state index contributed by atoms with van der Waals surface area (Å²) in [6.45, 7) is 10.2. The maximum Gasteiger partial charge on any atom is 0.250 e. The van der Waals surface area contributed by atoms with Gasteiger partial charge in [0, 0.05) is 24.6 Å². The number of fused-ring (bicyclic) bond motifs is 3. The van der Waals surface area contributed by atoms with Gasteiger partial charge in [-0.15, -0.1) is 0 Å². The predicted molar refractivity (Wildman–Crippen MR) is 130 cm³/mol. The van der Waals surface area contributed by atoms with E-state index in [4.69, 9.17) is 19.0 Å². The molecule has 0 spiro atoms. The van der Waals surface area contributed by atoms with E-state index in [0.717, 1.165) is 40.9 Å². The quantitative estimate of drug-likeness (QED) is 0.477. The van der Waals surface area contributed by atoms with Crippen molar-refractivity contribution in [3.8, 4) is 11.3 Å². The van der Waals surface area contributed by atoms with E-state index in [9.17, 15) is 9.18 Å². The van der Waals surface area contributed by atoms with Crippen LogP contribution in [0.5, 0.6) is 0 Å². The number of ketones is 1. The van der Waals surface area contributed by atoms with Crippen LogP contribution in [0.3, 0.4) is 0 Å². The largest absolute Gasteiger partial charge is 0.300 e. The van der Waals surface area contributed by atoms with Gasteiger partial charge in [0.25, 0.3) is 0 Å². The molecule has 3 atom stereocenters. The Kier molecular flexibility index (Phi) is 9.55. The minimum Gasteiger partial charge on any atom is -0.300 e. The van der Waals surface area contributed by atoms with Gasteiger partial charge in [-0.25, -0.2) is 19.4 Å². The molecular formula is C25H34FN3O3S. The number of halogens is 1. The molecule has 0 radical (unpaired) electrons. The van der Waals surface area contributed by atoms with Crippen LogP contribution in [0.25, 0.3) is 11.3 Å². The van der Waals surface area contributed by atoms with Crippen LogP contribution < -0.4 is 5.06 Å². The molecule has 0 bridgehead atoms. The molecule has 1 aromatic carbocycles. The lowest BCUT2D eigenvalue weighted by Gasteiger charge is -2.34. The van der Waals surface area contributed by atoms with Crippen LogP contribution in [0.4, 0.5) is 10.3 Å². The van der Waals surface area contributed by atoms with Crippen molar-refractivity contribution in [2.24, 2.45) is 11.8 Å². The number of hydrogen-bond donors (Lipinski definition) is 0. The van der Waals surface area contributed by atoms with E-state index in [-0.39, 0.29) is 23.4 Å². The van der Waals surface area contributed by atoms with E-state index in [1.165, 1.54) is 6.07 Å². The van der Waals surface area contributed by atoms with Gasteiger partial charge in [0.05, 0.1) is 18.5 Å². The van der Waals surface area contributed by atoms with Gasteiger partial charge in [-0.05, 0) is 67.2 Å². The van der Waals surface area contributed by atoms with Crippen molar-refractivity contribution in [3.63, 3.8) is 0 Å². The standard InChI is InChI=1S/C25H34FN3O2.OS/c1-14(2)23-22-13-20(16(4)10-15(3)11-17(5)30)21-12-18(26)8-9-19(21)24(22)28-25(27-23)29(6)31-7;1-2/h8-9,12,14-16,20H,10-11,13H2,1-7H3;/t15-,16+,20+;/m1./s1. The Hall–Kier alpha value is -2.32. The zero-order chi connectivity index (χ0) is 24.9. The van der Waals surface area contributed by atoms with Crippen LogP contribution in [-0.2, 0) is 28.6 Å². The number of hydrogen-bond acceptors (Lipinski definition) is 7. The van der Waals surface area contributed by atoms with Crippen molar-refractivity contribution in [1.82, 2.24) is 9.97 Å². The smallest absolute Gasteiger partial charge is 0.250 e. The molecule has 0 saturated heterocycles. The Balaban J connectivity index is 0.00000187. The van der Waals surface area contributed by atoms with Gasteiger partial charge in [-0.1, -0.05) is 27.7 Å². The van der Waals surface area contributed by atoms with Crippen LogP contribution in [0.1, 0.15) is 76.1 Å². The van der Waals surface area contributed by atoms with Gasteiger partial charge < -0.3 is 4.79 Å². The first kappa shape index (κ1) is 26.9. The van der Waals surface area contributed by atoms with E-state index in [1.807, 2.05) is 6.07 Å². The highest BCUT2D eigenvalue weighted by molar-refractivity contribution is 7.44. The van der Waals surface area contributed by atoms with Crippen molar-refractivity contribution >= 4 is 24.3 Å². The number of Topliss-reactive ketones (excluding diaryl/α,β-unsaturated/α-hetero) is 1. The predicted octanol–water partition coefficient (Wildman–Crippen LogP) is 5.35. The summed E-state index contributed by atoms with van der Waals surface area (Å²) < 4.78 is 22.1. The Bertz CT molecular complexity index is 986. The number of anilines is 1. The van der Waals surface area contributed by atoms with E-state index >= 15 is 0 Å². The van der Waals surface area contributed by atoms with Crippen molar-refractivity contribution in [2.45, 2.75) is 65.7 Å². The second-order valence-corrected chi connectivity index (χ2v) is 9.34. The summed E-state index contributed by atoms with van der Waals surface area (Å²) in [6, 6.07) is 5.01. The molecule has 0 amide bonds. The number of carbonyl (C=O) groups is 1. The summed E-state index contributed by atoms with van der Waals surface area (Å²) in [5.41, 5.74) is 4.97. The van der Waals surface area contributed by atoms with Gasteiger partial charge in [0.1, 0.15) is 11.6 Å². The zero-order valence-corrected chi connectivity index (χ0v) is 21.3. The molecule has 0 N–H and O–H groups in total. The number of nitrogens with zero attached hydrogens (tertiary/aromatic N) is 3. The minimum absolute atomic E-state index is 0.153. The highest BCUT2D eigenvalue weighted by atomic mass is 32.1. The monoisotopic (exact) mass is 475 g/mol. The lowest BCUT2D eigenvalue weighted by atomic mass is 9.71. The molecule has 2 aromatic rings. The second kappa shape index (κ2) is 11.7. The Morgan fingerprint density at radius 1 is 1.24 bits per heavy atom. The number of hydroxylamine groups is 1. The molecular weight excluding hydrogens is 441 g/mol. The van der Waals surface area contributed by atoms with Gasteiger partial charge in [0.2, 0.25) is 5.95 Å². The molecule has 1 aromatic heterocycles. The molecule has 0 aliphatic heterocycles.